The molecule has 1 aromatic heterocycles. The van der Waals surface area contributed by atoms with Crippen molar-refractivity contribution in [1.29, 1.82) is 5.26 Å². The summed E-state index contributed by atoms with van der Waals surface area (Å²) in [5, 5.41) is 21.1. The van der Waals surface area contributed by atoms with Crippen molar-refractivity contribution in [3.05, 3.63) is 29.8 Å². The van der Waals surface area contributed by atoms with E-state index in [2.05, 4.69) is 35.4 Å². The van der Waals surface area contributed by atoms with Gasteiger partial charge in [-0.25, -0.2) is 4.68 Å². The number of amides is 1. The van der Waals surface area contributed by atoms with Crippen LogP contribution in [-0.2, 0) is 11.3 Å². The summed E-state index contributed by atoms with van der Waals surface area (Å²) in [4.78, 5) is 14.4. The first kappa shape index (κ1) is 16.5. The van der Waals surface area contributed by atoms with Gasteiger partial charge in [-0.1, -0.05) is 25.6 Å². The van der Waals surface area contributed by atoms with Gasteiger partial charge in [-0.3, -0.25) is 4.79 Å². The molecule has 1 fully saturated rings. The Kier molecular flexibility index (Phi) is 4.81. The number of carbonyl (C=O) groups excluding carboxylic acids is 1. The second kappa shape index (κ2) is 7.01. The maximum Gasteiger partial charge on any atom is 0.240 e. The van der Waals surface area contributed by atoms with Crippen LogP contribution >= 0.6 is 11.8 Å². The van der Waals surface area contributed by atoms with Crippen molar-refractivity contribution in [2.24, 2.45) is 5.92 Å². The Labute approximate surface area is 144 Å². The normalized spacial score (nSPS) is 17.5. The first-order valence-corrected chi connectivity index (χ1v) is 8.71. The van der Waals surface area contributed by atoms with Crippen molar-refractivity contribution in [2.75, 3.05) is 11.4 Å². The minimum Gasteiger partial charge on any atom is -0.311 e. The molecule has 1 aliphatic rings. The van der Waals surface area contributed by atoms with Gasteiger partial charge in [-0.2, -0.15) is 5.26 Å². The summed E-state index contributed by atoms with van der Waals surface area (Å²) >= 11 is 1.42. The Morgan fingerprint density at radius 1 is 1.38 bits per heavy atom. The van der Waals surface area contributed by atoms with E-state index in [4.69, 9.17) is 5.26 Å². The van der Waals surface area contributed by atoms with Crippen LogP contribution in [0.4, 0.5) is 5.69 Å². The fourth-order valence-corrected chi connectivity index (χ4v) is 3.63. The van der Waals surface area contributed by atoms with Crippen LogP contribution in [0, 0.1) is 17.2 Å². The molecule has 2 heterocycles. The van der Waals surface area contributed by atoms with Crippen LogP contribution in [0.25, 0.3) is 0 Å². The fraction of sp³-hybridized carbons (Fsp3) is 0.438. The molecule has 1 atom stereocenters. The van der Waals surface area contributed by atoms with E-state index in [0.717, 1.165) is 18.7 Å². The number of carbonyl (C=O) groups is 1. The summed E-state index contributed by atoms with van der Waals surface area (Å²) in [5.74, 6) is 0.492. The third-order valence-corrected chi connectivity index (χ3v) is 4.97. The van der Waals surface area contributed by atoms with Gasteiger partial charge in [0.2, 0.25) is 11.1 Å². The van der Waals surface area contributed by atoms with E-state index < -0.39 is 0 Å². The van der Waals surface area contributed by atoms with Crippen LogP contribution in [-0.4, -0.2) is 37.9 Å². The predicted molar refractivity (Wildman–Crippen MR) is 90.4 cm³/mol. The average molecular weight is 342 g/mol. The first-order chi connectivity index (χ1) is 11.6. The van der Waals surface area contributed by atoms with Gasteiger partial charge in [0, 0.05) is 18.8 Å². The number of rotatable bonds is 5. The lowest BCUT2D eigenvalue weighted by Crippen LogP contribution is -2.28. The summed E-state index contributed by atoms with van der Waals surface area (Å²) in [6.45, 7) is 5.59. The minimum atomic E-state index is -0.183. The van der Waals surface area contributed by atoms with E-state index in [9.17, 15) is 4.79 Å². The maximum absolute atomic E-state index is 12.7. The molecule has 1 aromatic carbocycles. The highest BCUT2D eigenvalue weighted by Crippen LogP contribution is 2.32. The zero-order valence-corrected chi connectivity index (χ0v) is 14.4. The van der Waals surface area contributed by atoms with Gasteiger partial charge in [0.25, 0.3) is 0 Å². The van der Waals surface area contributed by atoms with E-state index in [1.807, 2.05) is 12.1 Å². The number of hydrogen-bond acceptors (Lipinski definition) is 6. The number of anilines is 1. The Morgan fingerprint density at radius 3 is 2.79 bits per heavy atom. The lowest BCUT2D eigenvalue weighted by Gasteiger charge is -2.16. The van der Waals surface area contributed by atoms with Gasteiger partial charge in [-0.05, 0) is 47.0 Å². The lowest BCUT2D eigenvalue weighted by molar-refractivity contribution is -0.116. The van der Waals surface area contributed by atoms with Gasteiger partial charge < -0.3 is 4.90 Å². The monoisotopic (exact) mass is 342 g/mol. The predicted octanol–water partition coefficient (Wildman–Crippen LogP) is 2.10. The van der Waals surface area contributed by atoms with Crippen LogP contribution in [0.1, 0.15) is 25.8 Å². The fourth-order valence-electron chi connectivity index (χ4n) is 2.60. The molecule has 1 aliphatic heterocycles. The topological polar surface area (TPSA) is 87.7 Å². The highest BCUT2D eigenvalue weighted by atomic mass is 32.2. The molecule has 0 aliphatic carbocycles. The Morgan fingerprint density at radius 2 is 2.12 bits per heavy atom. The van der Waals surface area contributed by atoms with Gasteiger partial charge in [0.15, 0.2) is 0 Å². The maximum atomic E-state index is 12.7. The van der Waals surface area contributed by atoms with Crippen LogP contribution < -0.4 is 4.90 Å². The third-order valence-electron chi connectivity index (χ3n) is 3.75. The summed E-state index contributed by atoms with van der Waals surface area (Å²) in [6, 6.07) is 9.16. The molecule has 3 rings (SSSR count). The van der Waals surface area contributed by atoms with E-state index in [1.54, 1.807) is 21.7 Å². The molecule has 0 unspecified atom stereocenters. The number of hydrogen-bond donors (Lipinski definition) is 0. The summed E-state index contributed by atoms with van der Waals surface area (Å²) in [6.07, 6.45) is 0.748. The van der Waals surface area contributed by atoms with E-state index in [1.165, 1.54) is 11.8 Å². The molecule has 0 spiro atoms. The standard InChI is InChI=1S/C16H18N6OS/c1-11(2)10-22-16(18-19-20-22)24-14-7-8-21(15(14)23)13-5-3-12(9-17)4-6-13/h3-6,11,14H,7-8,10H2,1-2H3/t14-/m0/s1. The molecule has 0 radical (unpaired) electrons. The number of nitrogens with zero attached hydrogens (tertiary/aromatic N) is 6. The van der Waals surface area contributed by atoms with Crippen molar-refractivity contribution in [2.45, 2.75) is 37.2 Å². The van der Waals surface area contributed by atoms with Crippen LogP contribution in [0.3, 0.4) is 0 Å². The molecule has 0 saturated carbocycles. The Balaban J connectivity index is 1.70. The van der Waals surface area contributed by atoms with Crippen molar-refractivity contribution in [3.63, 3.8) is 0 Å². The van der Waals surface area contributed by atoms with Crippen molar-refractivity contribution in [1.82, 2.24) is 20.2 Å². The average Bonchev–Trinajstić information content (AvgIpc) is 3.15. The number of thioether (sulfide) groups is 1. The molecule has 124 valence electrons. The minimum absolute atomic E-state index is 0.0591. The van der Waals surface area contributed by atoms with E-state index in [-0.39, 0.29) is 11.2 Å². The number of nitriles is 1. The molecular formula is C16H18N6OS. The second-order valence-corrected chi connectivity index (χ2v) is 7.25. The molecule has 1 amide bonds. The van der Waals surface area contributed by atoms with Crippen molar-refractivity contribution < 1.29 is 4.79 Å². The smallest absolute Gasteiger partial charge is 0.240 e. The summed E-state index contributed by atoms with van der Waals surface area (Å²) < 4.78 is 1.76. The lowest BCUT2D eigenvalue weighted by atomic mass is 10.2. The zero-order valence-electron chi connectivity index (χ0n) is 13.6. The zero-order chi connectivity index (χ0) is 17.1. The highest BCUT2D eigenvalue weighted by Gasteiger charge is 2.34. The largest absolute Gasteiger partial charge is 0.311 e. The second-order valence-electron chi connectivity index (χ2n) is 6.08. The van der Waals surface area contributed by atoms with Gasteiger partial charge >= 0.3 is 0 Å². The molecule has 24 heavy (non-hydrogen) atoms. The Bertz CT molecular complexity index is 764. The molecule has 2 aromatic rings. The molecule has 7 nitrogen and oxygen atoms in total. The molecule has 0 N–H and O–H groups in total. The van der Waals surface area contributed by atoms with Crippen LogP contribution in [0.5, 0.6) is 0 Å². The van der Waals surface area contributed by atoms with Gasteiger partial charge in [0.1, 0.15) is 0 Å². The van der Waals surface area contributed by atoms with Crippen molar-refractivity contribution >= 4 is 23.4 Å². The Hall–Kier alpha value is -2.40. The quantitative estimate of drug-likeness (QED) is 0.827. The molecular weight excluding hydrogens is 324 g/mol. The molecule has 0 bridgehead atoms. The SMILES string of the molecule is CC(C)Cn1nnnc1S[C@H]1CCN(c2ccc(C#N)cc2)C1=O. The van der Waals surface area contributed by atoms with Gasteiger partial charge in [0.05, 0.1) is 16.9 Å². The molecule has 8 heteroatoms. The number of benzene rings is 1. The first-order valence-electron chi connectivity index (χ1n) is 7.83. The van der Waals surface area contributed by atoms with Crippen molar-refractivity contribution in [3.8, 4) is 6.07 Å². The summed E-state index contributed by atoms with van der Waals surface area (Å²) in [5.41, 5.74) is 1.41. The van der Waals surface area contributed by atoms with Gasteiger partial charge in [-0.15, -0.1) is 5.10 Å². The number of aromatic nitrogens is 4. The van der Waals surface area contributed by atoms with E-state index >= 15 is 0 Å². The van der Waals surface area contributed by atoms with Crippen LogP contribution in [0.15, 0.2) is 29.4 Å². The highest BCUT2D eigenvalue weighted by molar-refractivity contribution is 8.00. The number of tetrazole rings is 1. The third kappa shape index (κ3) is 3.41. The summed E-state index contributed by atoms with van der Waals surface area (Å²) in [7, 11) is 0. The van der Waals surface area contributed by atoms with Crippen LogP contribution in [0.2, 0.25) is 0 Å². The molecule has 1 saturated heterocycles. The van der Waals surface area contributed by atoms with E-state index in [0.29, 0.717) is 23.2 Å².